The zero-order valence-electron chi connectivity index (χ0n) is 17.4. The van der Waals surface area contributed by atoms with Crippen LogP contribution >= 0.6 is 0 Å². The summed E-state index contributed by atoms with van der Waals surface area (Å²) in [5.41, 5.74) is -0.0621. The Hall–Kier alpha value is -3.63. The third-order valence-corrected chi connectivity index (χ3v) is 5.49. The lowest BCUT2D eigenvalue weighted by Gasteiger charge is -2.32. The van der Waals surface area contributed by atoms with Crippen LogP contribution in [-0.4, -0.2) is 44.0 Å². The minimum absolute atomic E-state index is 0.188. The highest BCUT2D eigenvalue weighted by Crippen LogP contribution is 2.30. The van der Waals surface area contributed by atoms with Crippen LogP contribution in [0.4, 0.5) is 19.0 Å². The van der Waals surface area contributed by atoms with Gasteiger partial charge in [-0.25, -0.2) is 4.68 Å². The molecule has 2 aromatic heterocycles. The molecule has 32 heavy (non-hydrogen) atoms. The molecule has 1 aromatic carbocycles. The van der Waals surface area contributed by atoms with Crippen LogP contribution in [0.1, 0.15) is 34.5 Å². The molecule has 1 saturated heterocycles. The smallest absolute Gasteiger partial charge is 0.340 e. The van der Waals surface area contributed by atoms with Crippen LogP contribution in [0.5, 0.6) is 0 Å². The fourth-order valence-corrected chi connectivity index (χ4v) is 3.81. The quantitative estimate of drug-likeness (QED) is 0.668. The van der Waals surface area contributed by atoms with E-state index in [9.17, 15) is 22.8 Å². The van der Waals surface area contributed by atoms with E-state index in [0.717, 1.165) is 12.1 Å². The van der Waals surface area contributed by atoms with Gasteiger partial charge in [0.1, 0.15) is 11.9 Å². The second kappa shape index (κ2) is 8.13. The molecule has 0 spiro atoms. The van der Waals surface area contributed by atoms with Crippen LogP contribution in [0, 0.1) is 6.92 Å². The summed E-state index contributed by atoms with van der Waals surface area (Å²) in [5, 5.41) is 10.9. The van der Waals surface area contributed by atoms with Crippen molar-refractivity contribution in [2.75, 3.05) is 11.4 Å². The molecule has 8 nitrogen and oxygen atoms in total. The van der Waals surface area contributed by atoms with Gasteiger partial charge >= 0.3 is 6.18 Å². The number of anilines is 1. The topological polar surface area (TPSA) is 85.1 Å². The highest BCUT2D eigenvalue weighted by Gasteiger charge is 2.33. The normalized spacial score (nSPS) is 17.0. The van der Waals surface area contributed by atoms with E-state index >= 15 is 0 Å². The zero-order valence-corrected chi connectivity index (χ0v) is 17.4. The van der Waals surface area contributed by atoms with Gasteiger partial charge in [-0.05, 0) is 38.0 Å². The Morgan fingerprint density at radius 3 is 2.69 bits per heavy atom. The Kier molecular flexibility index (Phi) is 5.49. The number of piperidine rings is 1. The average molecular weight is 446 g/mol. The van der Waals surface area contributed by atoms with E-state index in [1.807, 2.05) is 0 Å². The Morgan fingerprint density at radius 1 is 1.22 bits per heavy atom. The second-order valence-corrected chi connectivity index (χ2v) is 7.57. The first kappa shape index (κ1) is 21.6. The summed E-state index contributed by atoms with van der Waals surface area (Å²) in [4.78, 5) is 27.4. The molecule has 168 valence electrons. The van der Waals surface area contributed by atoms with Crippen molar-refractivity contribution in [1.29, 1.82) is 0 Å². The van der Waals surface area contributed by atoms with Crippen molar-refractivity contribution in [1.82, 2.24) is 24.9 Å². The van der Waals surface area contributed by atoms with Gasteiger partial charge in [0.2, 0.25) is 0 Å². The van der Waals surface area contributed by atoms with E-state index in [1.54, 1.807) is 35.8 Å². The molecule has 1 atom stereocenters. The van der Waals surface area contributed by atoms with Crippen molar-refractivity contribution in [3.63, 3.8) is 0 Å². The Bertz CT molecular complexity index is 1170. The van der Waals surface area contributed by atoms with E-state index in [0.29, 0.717) is 30.9 Å². The molecule has 3 heterocycles. The molecule has 1 N–H and O–H groups in total. The fraction of sp³-hybridized carbons (Fsp3) is 0.333. The summed E-state index contributed by atoms with van der Waals surface area (Å²) >= 11 is 0. The molecule has 0 aliphatic carbocycles. The highest BCUT2D eigenvalue weighted by atomic mass is 19.4. The van der Waals surface area contributed by atoms with Gasteiger partial charge in [-0.1, -0.05) is 6.07 Å². The van der Waals surface area contributed by atoms with E-state index in [1.165, 1.54) is 23.0 Å². The number of hydrogen-bond acceptors (Lipinski definition) is 4. The maximum absolute atomic E-state index is 13.0. The van der Waals surface area contributed by atoms with Crippen LogP contribution in [0.2, 0.25) is 0 Å². The van der Waals surface area contributed by atoms with Gasteiger partial charge in [-0.15, -0.1) is 0 Å². The van der Waals surface area contributed by atoms with Crippen molar-refractivity contribution in [3.8, 4) is 5.69 Å². The minimum atomic E-state index is -4.49. The van der Waals surface area contributed by atoms with E-state index in [-0.39, 0.29) is 17.2 Å². The summed E-state index contributed by atoms with van der Waals surface area (Å²) in [7, 11) is 1.73. The molecule has 2 amide bonds. The number of nitrogens with zero attached hydrogens (tertiary/aromatic N) is 5. The number of alkyl halides is 3. The predicted octanol–water partition coefficient (Wildman–Crippen LogP) is 2.86. The predicted molar refractivity (Wildman–Crippen MR) is 109 cm³/mol. The molecule has 11 heteroatoms. The van der Waals surface area contributed by atoms with Crippen LogP contribution in [-0.2, 0) is 18.0 Å². The Morgan fingerprint density at radius 2 is 2.00 bits per heavy atom. The standard InChI is InChI=1S/C21H21F3N6O2/c1-13-16(12-26-30(13)15-6-3-5-14(11-15)21(22,23)24)19(31)27-17-7-4-10-29(20(17)32)18-8-9-25-28(18)2/h3,5-6,8-9,11-12,17H,4,7,10H2,1-2H3,(H,27,31). The molecule has 4 rings (SSSR count). The van der Waals surface area contributed by atoms with Gasteiger partial charge < -0.3 is 5.32 Å². The van der Waals surface area contributed by atoms with E-state index < -0.39 is 23.7 Å². The number of benzene rings is 1. The van der Waals surface area contributed by atoms with E-state index in [2.05, 4.69) is 15.5 Å². The number of carbonyl (C=O) groups excluding carboxylic acids is 2. The first-order valence-electron chi connectivity index (χ1n) is 9.99. The lowest BCUT2D eigenvalue weighted by molar-refractivity contribution is -0.137. The molecule has 1 aliphatic heterocycles. The van der Waals surface area contributed by atoms with Gasteiger partial charge in [0.15, 0.2) is 0 Å². The van der Waals surface area contributed by atoms with Crippen molar-refractivity contribution in [3.05, 3.63) is 59.5 Å². The molecular weight excluding hydrogens is 425 g/mol. The first-order chi connectivity index (χ1) is 15.2. The van der Waals surface area contributed by atoms with Crippen molar-refractivity contribution < 1.29 is 22.8 Å². The van der Waals surface area contributed by atoms with Crippen molar-refractivity contribution in [2.24, 2.45) is 7.05 Å². The number of carbonyl (C=O) groups is 2. The summed E-state index contributed by atoms with van der Waals surface area (Å²) in [6, 6.07) is 5.71. The molecule has 1 fully saturated rings. The monoisotopic (exact) mass is 446 g/mol. The van der Waals surface area contributed by atoms with Crippen LogP contribution in [0.25, 0.3) is 5.69 Å². The van der Waals surface area contributed by atoms with Gasteiger partial charge in [0.25, 0.3) is 11.8 Å². The van der Waals surface area contributed by atoms with Gasteiger partial charge in [-0.3, -0.25) is 19.2 Å². The number of halogens is 3. The minimum Gasteiger partial charge on any atom is -0.340 e. The Balaban J connectivity index is 1.53. The second-order valence-electron chi connectivity index (χ2n) is 7.57. The number of aromatic nitrogens is 4. The van der Waals surface area contributed by atoms with Gasteiger partial charge in [0, 0.05) is 19.7 Å². The van der Waals surface area contributed by atoms with Crippen LogP contribution < -0.4 is 10.2 Å². The lowest BCUT2D eigenvalue weighted by atomic mass is 10.0. The zero-order chi connectivity index (χ0) is 23.0. The number of amides is 2. The maximum atomic E-state index is 13.0. The summed E-state index contributed by atoms with van der Waals surface area (Å²) < 4.78 is 42.0. The lowest BCUT2D eigenvalue weighted by Crippen LogP contribution is -2.53. The van der Waals surface area contributed by atoms with Gasteiger partial charge in [0.05, 0.1) is 34.9 Å². The number of hydrogen-bond donors (Lipinski definition) is 1. The van der Waals surface area contributed by atoms with E-state index in [4.69, 9.17) is 0 Å². The maximum Gasteiger partial charge on any atom is 0.416 e. The largest absolute Gasteiger partial charge is 0.416 e. The molecule has 1 aliphatic rings. The third kappa shape index (κ3) is 3.97. The number of nitrogens with one attached hydrogen (secondary N) is 1. The molecular formula is C21H21F3N6O2. The average Bonchev–Trinajstić information content (AvgIpc) is 3.34. The van der Waals surface area contributed by atoms with Gasteiger partial charge in [-0.2, -0.15) is 23.4 Å². The Labute approximate surface area is 181 Å². The third-order valence-electron chi connectivity index (χ3n) is 5.49. The molecule has 0 saturated carbocycles. The number of aryl methyl sites for hydroxylation is 1. The summed E-state index contributed by atoms with van der Waals surface area (Å²) in [6.07, 6.45) is -0.421. The van der Waals surface area contributed by atoms with Crippen molar-refractivity contribution >= 4 is 17.6 Å². The summed E-state index contributed by atoms with van der Waals surface area (Å²) in [5.74, 6) is -0.107. The number of rotatable bonds is 4. The fourth-order valence-electron chi connectivity index (χ4n) is 3.81. The van der Waals surface area contributed by atoms with Crippen molar-refractivity contribution in [2.45, 2.75) is 32.0 Å². The van der Waals surface area contributed by atoms with Crippen LogP contribution in [0.3, 0.4) is 0 Å². The van der Waals surface area contributed by atoms with Crippen LogP contribution in [0.15, 0.2) is 42.7 Å². The summed E-state index contributed by atoms with van der Waals surface area (Å²) in [6.45, 7) is 2.12. The molecule has 3 aromatic rings. The SMILES string of the molecule is Cc1c(C(=O)NC2CCCN(c3ccnn3C)C2=O)cnn1-c1cccc(C(F)(F)F)c1. The first-order valence-corrected chi connectivity index (χ1v) is 9.99. The molecule has 1 unspecified atom stereocenters. The highest BCUT2D eigenvalue weighted by molar-refractivity contribution is 6.02. The molecule has 0 bridgehead atoms. The molecule has 0 radical (unpaired) electrons.